The fourth-order valence-electron chi connectivity index (χ4n) is 2.58. The molecule has 0 spiro atoms. The van der Waals surface area contributed by atoms with Crippen LogP contribution in [0, 0.1) is 0 Å². The summed E-state index contributed by atoms with van der Waals surface area (Å²) in [4.78, 5) is 11.4. The zero-order valence-electron chi connectivity index (χ0n) is 13.1. The van der Waals surface area contributed by atoms with Crippen LogP contribution in [0.4, 0.5) is 0 Å². The van der Waals surface area contributed by atoms with Gasteiger partial charge in [-0.05, 0) is 24.1 Å². The highest BCUT2D eigenvalue weighted by atomic mass is 32.2. The van der Waals surface area contributed by atoms with Gasteiger partial charge in [-0.3, -0.25) is 4.79 Å². The van der Waals surface area contributed by atoms with Crippen molar-refractivity contribution in [1.29, 1.82) is 0 Å². The topological polar surface area (TPSA) is 102 Å². The van der Waals surface area contributed by atoms with Crippen molar-refractivity contribution in [2.75, 3.05) is 20.0 Å². The summed E-state index contributed by atoms with van der Waals surface area (Å²) in [5, 5.41) is 9.31. The second-order valence-electron chi connectivity index (χ2n) is 5.67. The molecule has 0 aliphatic heterocycles. The average molecular weight is 343 g/mol. The maximum absolute atomic E-state index is 12.2. The number of rotatable bonds is 8. The monoisotopic (exact) mass is 343 g/mol. The molecule has 0 saturated heterocycles. The van der Waals surface area contributed by atoms with Crippen molar-refractivity contribution >= 4 is 16.0 Å². The molecule has 8 heteroatoms. The lowest BCUT2D eigenvalue weighted by atomic mass is 9.75. The number of benzene rings is 1. The number of hydrogen-bond donors (Lipinski definition) is 2. The molecule has 1 aliphatic carbocycles. The minimum atomic E-state index is -3.71. The molecule has 0 radical (unpaired) electrons. The summed E-state index contributed by atoms with van der Waals surface area (Å²) in [6.45, 7) is 0. The molecule has 0 atom stereocenters. The lowest BCUT2D eigenvalue weighted by Gasteiger charge is -2.43. The van der Waals surface area contributed by atoms with E-state index in [-0.39, 0.29) is 24.7 Å². The Hall–Kier alpha value is -1.64. The van der Waals surface area contributed by atoms with Gasteiger partial charge in [0.25, 0.3) is 0 Å². The zero-order valence-corrected chi connectivity index (χ0v) is 13.9. The van der Waals surface area contributed by atoms with Gasteiger partial charge in [0, 0.05) is 20.0 Å². The smallest absolute Gasteiger partial charge is 0.325 e. The van der Waals surface area contributed by atoms with Crippen LogP contribution in [0.3, 0.4) is 0 Å². The molecule has 2 N–H and O–H groups in total. The third-order valence-corrected chi connectivity index (χ3v) is 5.51. The normalized spacial score (nSPS) is 24.0. The molecule has 0 unspecified atom stereocenters. The minimum Gasteiger partial charge on any atom is -0.497 e. The Labute approximate surface area is 135 Å². The Morgan fingerprint density at radius 1 is 1.30 bits per heavy atom. The van der Waals surface area contributed by atoms with E-state index in [4.69, 9.17) is 9.47 Å². The minimum absolute atomic E-state index is 0.139. The van der Waals surface area contributed by atoms with Gasteiger partial charge < -0.3 is 14.6 Å². The Balaban J connectivity index is 1.97. The summed E-state index contributed by atoms with van der Waals surface area (Å²) in [7, 11) is -0.671. The van der Waals surface area contributed by atoms with E-state index >= 15 is 0 Å². The summed E-state index contributed by atoms with van der Waals surface area (Å²) >= 11 is 0. The van der Waals surface area contributed by atoms with Gasteiger partial charge in [0.1, 0.15) is 11.3 Å². The molecule has 0 amide bonds. The Bertz CT molecular complexity index is 649. The van der Waals surface area contributed by atoms with Gasteiger partial charge in [-0.25, -0.2) is 8.42 Å². The standard InChI is InChI=1S/C15H21NO6S/c1-21-12-5-3-11(4-6-12)7-8-23(19,20)16-15(14(17)18)9-13(10-15)22-2/h3-6,13,16H,7-10H2,1-2H3,(H,17,18). The average Bonchev–Trinajstić information content (AvgIpc) is 2.48. The van der Waals surface area contributed by atoms with Crippen LogP contribution in [0.25, 0.3) is 0 Å². The van der Waals surface area contributed by atoms with Gasteiger partial charge in [-0.2, -0.15) is 4.72 Å². The predicted octanol–water partition coefficient (Wildman–Crippen LogP) is 0.789. The number of nitrogens with one attached hydrogen (secondary N) is 1. The first-order valence-electron chi connectivity index (χ1n) is 7.21. The number of hydrogen-bond acceptors (Lipinski definition) is 5. The number of ether oxygens (including phenoxy) is 2. The predicted molar refractivity (Wildman–Crippen MR) is 84.0 cm³/mol. The summed E-state index contributed by atoms with van der Waals surface area (Å²) in [5.41, 5.74) is -0.608. The summed E-state index contributed by atoms with van der Waals surface area (Å²) < 4.78 is 36.8. The summed E-state index contributed by atoms with van der Waals surface area (Å²) in [6.07, 6.45) is 0.347. The first-order valence-corrected chi connectivity index (χ1v) is 8.86. The second kappa shape index (κ2) is 6.86. The largest absolute Gasteiger partial charge is 0.497 e. The molecule has 1 aromatic rings. The molecule has 0 heterocycles. The highest BCUT2D eigenvalue weighted by Gasteiger charge is 2.53. The molecule has 2 rings (SSSR count). The van der Waals surface area contributed by atoms with E-state index in [0.29, 0.717) is 12.2 Å². The Morgan fingerprint density at radius 3 is 2.39 bits per heavy atom. The number of aliphatic carboxylic acids is 1. The van der Waals surface area contributed by atoms with E-state index in [1.54, 1.807) is 31.4 Å². The first-order chi connectivity index (χ1) is 10.8. The second-order valence-corrected chi connectivity index (χ2v) is 7.51. The molecular formula is C15H21NO6S. The SMILES string of the molecule is COc1ccc(CCS(=O)(=O)NC2(C(=O)O)CC(OC)C2)cc1. The molecule has 7 nitrogen and oxygen atoms in total. The third kappa shape index (κ3) is 4.21. The fourth-order valence-corrected chi connectivity index (χ4v) is 4.03. The van der Waals surface area contributed by atoms with E-state index < -0.39 is 21.5 Å². The van der Waals surface area contributed by atoms with Gasteiger partial charge in [0.05, 0.1) is 19.0 Å². The van der Waals surface area contributed by atoms with Crippen molar-refractivity contribution in [1.82, 2.24) is 4.72 Å². The number of aryl methyl sites for hydroxylation is 1. The number of carboxylic acids is 1. The van der Waals surface area contributed by atoms with Crippen LogP contribution in [-0.2, 0) is 26.0 Å². The maximum Gasteiger partial charge on any atom is 0.325 e. The number of methoxy groups -OCH3 is 2. The van der Waals surface area contributed by atoms with E-state index in [1.165, 1.54) is 7.11 Å². The van der Waals surface area contributed by atoms with E-state index in [0.717, 1.165) is 5.56 Å². The van der Waals surface area contributed by atoms with Gasteiger partial charge in [-0.15, -0.1) is 0 Å². The Kier molecular flexibility index (Phi) is 5.28. The van der Waals surface area contributed by atoms with Gasteiger partial charge in [0.2, 0.25) is 10.0 Å². The molecule has 128 valence electrons. The quantitative estimate of drug-likeness (QED) is 0.723. The highest BCUT2D eigenvalue weighted by molar-refractivity contribution is 7.89. The van der Waals surface area contributed by atoms with E-state index in [1.807, 2.05) is 0 Å². The lowest BCUT2D eigenvalue weighted by Crippen LogP contribution is -2.64. The van der Waals surface area contributed by atoms with Crippen LogP contribution in [0.1, 0.15) is 18.4 Å². The number of carboxylic acid groups (broad SMARTS) is 1. The molecule has 1 saturated carbocycles. The lowest BCUT2D eigenvalue weighted by molar-refractivity contribution is -0.154. The first kappa shape index (κ1) is 17.7. The van der Waals surface area contributed by atoms with Crippen LogP contribution in [0.5, 0.6) is 5.75 Å². The van der Waals surface area contributed by atoms with E-state index in [9.17, 15) is 18.3 Å². The summed E-state index contributed by atoms with van der Waals surface area (Å²) in [6, 6.07) is 7.07. The number of sulfonamides is 1. The van der Waals surface area contributed by atoms with Crippen molar-refractivity contribution in [3.63, 3.8) is 0 Å². The zero-order chi connectivity index (χ0) is 17.1. The van der Waals surface area contributed by atoms with Crippen molar-refractivity contribution in [3.8, 4) is 5.75 Å². The van der Waals surface area contributed by atoms with Crippen molar-refractivity contribution < 1.29 is 27.8 Å². The van der Waals surface area contributed by atoms with Crippen LogP contribution in [-0.4, -0.2) is 51.1 Å². The van der Waals surface area contributed by atoms with Crippen LogP contribution in [0.2, 0.25) is 0 Å². The molecule has 1 aromatic carbocycles. The number of carbonyl (C=O) groups is 1. The fraction of sp³-hybridized carbons (Fsp3) is 0.533. The van der Waals surface area contributed by atoms with Crippen molar-refractivity contribution in [2.45, 2.75) is 30.9 Å². The molecule has 23 heavy (non-hydrogen) atoms. The van der Waals surface area contributed by atoms with Gasteiger partial charge in [0.15, 0.2) is 0 Å². The van der Waals surface area contributed by atoms with Crippen LogP contribution in [0.15, 0.2) is 24.3 Å². The highest BCUT2D eigenvalue weighted by Crippen LogP contribution is 2.35. The molecule has 0 bridgehead atoms. The van der Waals surface area contributed by atoms with Gasteiger partial charge >= 0.3 is 5.97 Å². The summed E-state index contributed by atoms with van der Waals surface area (Å²) in [5.74, 6) is -0.648. The Morgan fingerprint density at radius 2 is 1.91 bits per heavy atom. The van der Waals surface area contributed by atoms with E-state index in [2.05, 4.69) is 4.72 Å². The van der Waals surface area contributed by atoms with Crippen molar-refractivity contribution in [3.05, 3.63) is 29.8 Å². The molecular weight excluding hydrogens is 322 g/mol. The van der Waals surface area contributed by atoms with Crippen LogP contribution >= 0.6 is 0 Å². The molecule has 0 aromatic heterocycles. The maximum atomic E-state index is 12.2. The third-order valence-electron chi connectivity index (χ3n) is 4.06. The van der Waals surface area contributed by atoms with Gasteiger partial charge in [-0.1, -0.05) is 12.1 Å². The molecule has 1 fully saturated rings. The molecule has 1 aliphatic rings. The van der Waals surface area contributed by atoms with Crippen LogP contribution < -0.4 is 9.46 Å². The van der Waals surface area contributed by atoms with Crippen molar-refractivity contribution in [2.24, 2.45) is 0 Å².